The van der Waals surface area contributed by atoms with E-state index in [2.05, 4.69) is 28.9 Å². The van der Waals surface area contributed by atoms with Gasteiger partial charge in [-0.1, -0.05) is 24.9 Å². The average Bonchev–Trinajstić information content (AvgIpc) is 2.91. The number of aromatic nitrogens is 3. The molecule has 2 N–H and O–H groups in total. The summed E-state index contributed by atoms with van der Waals surface area (Å²) < 4.78 is 3.94. The second-order valence-electron chi connectivity index (χ2n) is 4.98. The van der Waals surface area contributed by atoms with Crippen molar-refractivity contribution in [3.05, 3.63) is 40.4 Å². The first-order valence-corrected chi connectivity index (χ1v) is 7.00. The molecule has 0 aliphatic rings. The number of hydrogen-bond donors (Lipinski definition) is 1. The van der Waals surface area contributed by atoms with Gasteiger partial charge in [0.15, 0.2) is 0 Å². The van der Waals surface area contributed by atoms with Crippen LogP contribution in [-0.2, 0) is 13.6 Å². The van der Waals surface area contributed by atoms with Crippen LogP contribution >= 0.6 is 11.6 Å². The van der Waals surface area contributed by atoms with E-state index in [0.29, 0.717) is 0 Å². The summed E-state index contributed by atoms with van der Waals surface area (Å²) in [7, 11) is 1.92. The van der Waals surface area contributed by atoms with Gasteiger partial charge in [-0.05, 0) is 25.0 Å². The van der Waals surface area contributed by atoms with Crippen molar-refractivity contribution in [2.45, 2.75) is 39.3 Å². The Morgan fingerprint density at radius 1 is 1.47 bits per heavy atom. The molecule has 19 heavy (non-hydrogen) atoms. The van der Waals surface area contributed by atoms with Gasteiger partial charge in [0.1, 0.15) is 0 Å². The van der Waals surface area contributed by atoms with Crippen LogP contribution in [0.25, 0.3) is 0 Å². The summed E-state index contributed by atoms with van der Waals surface area (Å²) >= 11 is 6.26. The molecule has 0 amide bonds. The highest BCUT2D eigenvalue weighted by Crippen LogP contribution is 2.22. The molecule has 104 valence electrons. The van der Waals surface area contributed by atoms with Gasteiger partial charge in [-0.25, -0.2) is 0 Å². The second-order valence-corrected chi connectivity index (χ2v) is 5.36. The summed E-state index contributed by atoms with van der Waals surface area (Å²) in [6.45, 7) is 4.79. The van der Waals surface area contributed by atoms with Crippen LogP contribution in [0.2, 0.25) is 5.02 Å². The first kappa shape index (κ1) is 14.2. The van der Waals surface area contributed by atoms with Crippen molar-refractivity contribution in [1.29, 1.82) is 0 Å². The van der Waals surface area contributed by atoms with E-state index < -0.39 is 0 Å². The predicted molar refractivity (Wildman–Crippen MR) is 78.3 cm³/mol. The maximum Gasteiger partial charge on any atom is 0.0865 e. The van der Waals surface area contributed by atoms with Crippen LogP contribution < -0.4 is 5.73 Å². The van der Waals surface area contributed by atoms with Gasteiger partial charge in [-0.15, -0.1) is 0 Å². The average molecular weight is 281 g/mol. The molecule has 1 unspecified atom stereocenters. The first-order valence-electron chi connectivity index (χ1n) is 6.62. The molecule has 0 saturated carbocycles. The standard InChI is InChI=1S/C14H21ClN4/c1-4-5-12(16)11-6-7-19(8-11)9-13-14(15)10(2)17-18(13)3/h6-8,12H,4-5,9,16H2,1-3H3. The van der Waals surface area contributed by atoms with E-state index in [1.165, 1.54) is 5.56 Å². The van der Waals surface area contributed by atoms with E-state index in [0.717, 1.165) is 35.8 Å². The van der Waals surface area contributed by atoms with E-state index >= 15 is 0 Å². The second kappa shape index (κ2) is 5.80. The molecule has 1 atom stereocenters. The van der Waals surface area contributed by atoms with Crippen molar-refractivity contribution in [2.75, 3.05) is 0 Å². The van der Waals surface area contributed by atoms with Gasteiger partial charge in [-0.3, -0.25) is 4.68 Å². The number of nitrogens with two attached hydrogens (primary N) is 1. The van der Waals surface area contributed by atoms with E-state index in [1.54, 1.807) is 0 Å². The SMILES string of the molecule is CCCC(N)c1ccn(Cc2c(Cl)c(C)nn2C)c1. The fourth-order valence-electron chi connectivity index (χ4n) is 2.28. The molecule has 4 nitrogen and oxygen atoms in total. The molecule has 0 saturated heterocycles. The van der Waals surface area contributed by atoms with Crippen LogP contribution in [0.5, 0.6) is 0 Å². The summed E-state index contributed by atoms with van der Waals surface area (Å²) in [5.41, 5.74) is 9.19. The Morgan fingerprint density at radius 3 is 2.79 bits per heavy atom. The Labute approximate surface area is 119 Å². The fourth-order valence-corrected chi connectivity index (χ4v) is 2.50. The van der Waals surface area contributed by atoms with Crippen LogP contribution in [0.15, 0.2) is 18.5 Å². The zero-order chi connectivity index (χ0) is 14.0. The zero-order valence-corrected chi connectivity index (χ0v) is 12.5. The number of aryl methyl sites for hydroxylation is 2. The topological polar surface area (TPSA) is 48.8 Å². The highest BCUT2D eigenvalue weighted by molar-refractivity contribution is 6.31. The molecule has 0 aliphatic heterocycles. The van der Waals surface area contributed by atoms with Crippen molar-refractivity contribution in [3.63, 3.8) is 0 Å². The summed E-state index contributed by atoms with van der Waals surface area (Å²) in [4.78, 5) is 0. The van der Waals surface area contributed by atoms with Crippen molar-refractivity contribution in [2.24, 2.45) is 12.8 Å². The molecular weight excluding hydrogens is 260 g/mol. The minimum absolute atomic E-state index is 0.120. The molecule has 0 spiro atoms. The number of hydrogen-bond acceptors (Lipinski definition) is 2. The van der Waals surface area contributed by atoms with E-state index in [1.807, 2.05) is 24.9 Å². The lowest BCUT2D eigenvalue weighted by Gasteiger charge is -2.08. The number of nitrogens with zero attached hydrogens (tertiary/aromatic N) is 3. The minimum Gasteiger partial charge on any atom is -0.348 e. The van der Waals surface area contributed by atoms with Gasteiger partial charge in [-0.2, -0.15) is 5.10 Å². The Bertz CT molecular complexity index is 556. The van der Waals surface area contributed by atoms with Gasteiger partial charge in [0, 0.05) is 25.5 Å². The predicted octanol–water partition coefficient (Wildman–Crippen LogP) is 3.03. The fraction of sp³-hybridized carbons (Fsp3) is 0.500. The molecule has 2 aromatic rings. The molecule has 0 bridgehead atoms. The zero-order valence-electron chi connectivity index (χ0n) is 11.7. The van der Waals surface area contributed by atoms with Gasteiger partial charge in [0.2, 0.25) is 0 Å². The highest BCUT2D eigenvalue weighted by atomic mass is 35.5. The molecule has 0 aromatic carbocycles. The molecule has 2 aromatic heterocycles. The minimum atomic E-state index is 0.120. The first-order chi connectivity index (χ1) is 9.02. The maximum atomic E-state index is 6.26. The largest absolute Gasteiger partial charge is 0.348 e. The van der Waals surface area contributed by atoms with Gasteiger partial charge >= 0.3 is 0 Å². The smallest absolute Gasteiger partial charge is 0.0865 e. The Balaban J connectivity index is 2.16. The maximum absolute atomic E-state index is 6.26. The van der Waals surface area contributed by atoms with Gasteiger partial charge in [0.25, 0.3) is 0 Å². The van der Waals surface area contributed by atoms with Crippen molar-refractivity contribution in [3.8, 4) is 0 Å². The Kier molecular flexibility index (Phi) is 4.32. The quantitative estimate of drug-likeness (QED) is 0.915. The van der Waals surface area contributed by atoms with Crippen molar-refractivity contribution >= 4 is 11.6 Å². The Morgan fingerprint density at radius 2 is 2.21 bits per heavy atom. The lowest BCUT2D eigenvalue weighted by molar-refractivity contribution is 0.631. The molecule has 2 heterocycles. The highest BCUT2D eigenvalue weighted by Gasteiger charge is 2.12. The van der Waals surface area contributed by atoms with Crippen LogP contribution in [0, 0.1) is 6.92 Å². The molecule has 2 rings (SSSR count). The molecule has 5 heteroatoms. The van der Waals surface area contributed by atoms with E-state index in [9.17, 15) is 0 Å². The van der Waals surface area contributed by atoms with Crippen LogP contribution in [0.3, 0.4) is 0 Å². The third-order valence-corrected chi connectivity index (χ3v) is 3.89. The van der Waals surface area contributed by atoms with Crippen molar-refractivity contribution in [1.82, 2.24) is 14.3 Å². The lowest BCUT2D eigenvalue weighted by atomic mass is 10.1. The molecular formula is C14H21ClN4. The van der Waals surface area contributed by atoms with E-state index in [-0.39, 0.29) is 6.04 Å². The number of halogens is 1. The van der Waals surface area contributed by atoms with E-state index in [4.69, 9.17) is 17.3 Å². The van der Waals surface area contributed by atoms with Crippen LogP contribution in [0.1, 0.15) is 42.8 Å². The summed E-state index contributed by atoms with van der Waals surface area (Å²) in [5, 5.41) is 5.07. The Hall–Kier alpha value is -1.26. The number of rotatable bonds is 5. The summed E-state index contributed by atoms with van der Waals surface area (Å²) in [6.07, 6.45) is 6.25. The van der Waals surface area contributed by atoms with Gasteiger partial charge < -0.3 is 10.3 Å². The van der Waals surface area contributed by atoms with Gasteiger partial charge in [0.05, 0.1) is 23.0 Å². The van der Waals surface area contributed by atoms with Crippen LogP contribution in [-0.4, -0.2) is 14.3 Å². The molecule has 0 aliphatic carbocycles. The molecule has 0 radical (unpaired) electrons. The summed E-state index contributed by atoms with van der Waals surface area (Å²) in [6, 6.07) is 2.20. The lowest BCUT2D eigenvalue weighted by Crippen LogP contribution is -2.09. The summed E-state index contributed by atoms with van der Waals surface area (Å²) in [5.74, 6) is 0. The third kappa shape index (κ3) is 3.01. The third-order valence-electron chi connectivity index (χ3n) is 3.40. The van der Waals surface area contributed by atoms with Crippen molar-refractivity contribution < 1.29 is 0 Å². The van der Waals surface area contributed by atoms with Crippen LogP contribution in [0.4, 0.5) is 0 Å². The monoisotopic (exact) mass is 280 g/mol. The molecule has 0 fully saturated rings. The normalized spacial score (nSPS) is 12.9.